The van der Waals surface area contributed by atoms with Crippen molar-refractivity contribution in [2.45, 2.75) is 13.8 Å². The fourth-order valence-electron chi connectivity index (χ4n) is 2.12. The number of benzene rings is 1. The summed E-state index contributed by atoms with van der Waals surface area (Å²) in [6.07, 6.45) is 0. The van der Waals surface area contributed by atoms with Crippen LogP contribution in [0.1, 0.15) is 11.1 Å². The van der Waals surface area contributed by atoms with Gasteiger partial charge in [-0.05, 0) is 42.5 Å². The Morgan fingerprint density at radius 1 is 1.18 bits per heavy atom. The zero-order valence-electron chi connectivity index (χ0n) is 10.2. The first-order valence-electron chi connectivity index (χ1n) is 5.65. The number of hydrogen-bond donors (Lipinski definition) is 0. The van der Waals surface area contributed by atoms with E-state index >= 15 is 0 Å². The summed E-state index contributed by atoms with van der Waals surface area (Å²) in [4.78, 5) is 6.01. The van der Waals surface area contributed by atoms with Crippen molar-refractivity contribution in [2.24, 2.45) is 7.05 Å². The van der Waals surface area contributed by atoms with Gasteiger partial charge in [0.05, 0.1) is 15.9 Å². The molecule has 2 nitrogen and oxygen atoms in total. The average molecular weight is 242 g/mol. The molecule has 86 valence electrons. The van der Waals surface area contributed by atoms with Crippen molar-refractivity contribution in [1.82, 2.24) is 9.55 Å². The molecule has 0 saturated heterocycles. The largest absolute Gasteiger partial charge is 0.326 e. The predicted octanol–water partition coefficient (Wildman–Crippen LogP) is 3.92. The lowest BCUT2D eigenvalue weighted by Gasteiger charge is -2.01. The minimum atomic E-state index is 1.06. The van der Waals surface area contributed by atoms with Crippen LogP contribution in [0.15, 0.2) is 29.6 Å². The number of imidazole rings is 1. The molecule has 0 aliphatic heterocycles. The van der Waals surface area contributed by atoms with Crippen molar-refractivity contribution in [3.05, 3.63) is 40.8 Å². The Hall–Kier alpha value is -1.61. The summed E-state index contributed by atoms with van der Waals surface area (Å²) in [5.74, 6) is 1.06. The summed E-state index contributed by atoms with van der Waals surface area (Å²) < 4.78 is 2.17. The van der Waals surface area contributed by atoms with Gasteiger partial charge in [-0.25, -0.2) is 4.98 Å². The molecule has 3 heteroatoms. The highest BCUT2D eigenvalue weighted by Gasteiger charge is 2.12. The average Bonchev–Trinajstić information content (AvgIpc) is 2.92. The molecule has 2 aromatic heterocycles. The molecule has 0 fully saturated rings. The number of fused-ring (bicyclic) bond motifs is 1. The number of thiophene rings is 1. The van der Waals surface area contributed by atoms with Crippen molar-refractivity contribution in [2.75, 3.05) is 0 Å². The Bertz CT molecular complexity index is 678. The lowest BCUT2D eigenvalue weighted by molar-refractivity contribution is 0.963. The summed E-state index contributed by atoms with van der Waals surface area (Å²) in [5.41, 5.74) is 4.90. The highest BCUT2D eigenvalue weighted by molar-refractivity contribution is 7.13. The highest BCUT2D eigenvalue weighted by Crippen LogP contribution is 2.29. The summed E-state index contributed by atoms with van der Waals surface area (Å²) in [6.45, 7) is 4.27. The van der Waals surface area contributed by atoms with E-state index in [0.29, 0.717) is 0 Å². The SMILES string of the molecule is Cc1ccc2c(nc(-c3cccs3)n2C)c1C. The maximum atomic E-state index is 4.79. The van der Waals surface area contributed by atoms with Crippen LogP contribution in [0.2, 0.25) is 0 Å². The molecule has 0 aliphatic rings. The van der Waals surface area contributed by atoms with Gasteiger partial charge in [0.25, 0.3) is 0 Å². The quantitative estimate of drug-likeness (QED) is 0.632. The number of aromatic nitrogens is 2. The first-order chi connectivity index (χ1) is 8.18. The number of hydrogen-bond acceptors (Lipinski definition) is 2. The minimum absolute atomic E-state index is 1.06. The molecular formula is C14H14N2S. The highest BCUT2D eigenvalue weighted by atomic mass is 32.1. The Morgan fingerprint density at radius 2 is 2.00 bits per heavy atom. The van der Waals surface area contributed by atoms with Gasteiger partial charge >= 0.3 is 0 Å². The van der Waals surface area contributed by atoms with Crippen LogP contribution in [0.25, 0.3) is 21.7 Å². The summed E-state index contributed by atoms with van der Waals surface area (Å²) in [5, 5.41) is 2.09. The van der Waals surface area contributed by atoms with E-state index in [0.717, 1.165) is 11.3 Å². The summed E-state index contributed by atoms with van der Waals surface area (Å²) >= 11 is 1.73. The second kappa shape index (κ2) is 3.70. The fourth-order valence-corrected chi connectivity index (χ4v) is 2.87. The van der Waals surface area contributed by atoms with E-state index in [2.05, 4.69) is 55.1 Å². The molecule has 1 aromatic carbocycles. The molecular weight excluding hydrogens is 228 g/mol. The number of rotatable bonds is 1. The van der Waals surface area contributed by atoms with E-state index in [1.54, 1.807) is 11.3 Å². The van der Waals surface area contributed by atoms with Gasteiger partial charge in [0.15, 0.2) is 5.82 Å². The third-order valence-corrected chi connectivity index (χ3v) is 4.18. The van der Waals surface area contributed by atoms with Gasteiger partial charge in [-0.15, -0.1) is 11.3 Å². The Labute approximate surface area is 105 Å². The molecule has 0 N–H and O–H groups in total. The van der Waals surface area contributed by atoms with E-state index in [-0.39, 0.29) is 0 Å². The zero-order valence-corrected chi connectivity index (χ0v) is 11.0. The van der Waals surface area contributed by atoms with Crippen LogP contribution in [-0.2, 0) is 7.05 Å². The van der Waals surface area contributed by atoms with Gasteiger partial charge < -0.3 is 4.57 Å². The van der Waals surface area contributed by atoms with Crippen LogP contribution in [0, 0.1) is 13.8 Å². The van der Waals surface area contributed by atoms with E-state index in [9.17, 15) is 0 Å². The molecule has 0 atom stereocenters. The predicted molar refractivity (Wildman–Crippen MR) is 73.5 cm³/mol. The number of aryl methyl sites for hydroxylation is 3. The smallest absolute Gasteiger partial charge is 0.150 e. The maximum absolute atomic E-state index is 4.79. The lowest BCUT2D eigenvalue weighted by Crippen LogP contribution is -1.90. The Kier molecular flexibility index (Phi) is 2.30. The molecule has 0 spiro atoms. The molecule has 0 amide bonds. The standard InChI is InChI=1S/C14H14N2S/c1-9-6-7-11-13(10(9)2)15-14(16(11)3)12-5-4-8-17-12/h4-8H,1-3H3. The van der Waals surface area contributed by atoms with E-state index in [1.165, 1.54) is 21.5 Å². The Morgan fingerprint density at radius 3 is 2.71 bits per heavy atom. The Balaban J connectivity index is 2.36. The van der Waals surface area contributed by atoms with Crippen molar-refractivity contribution in [1.29, 1.82) is 0 Å². The van der Waals surface area contributed by atoms with Gasteiger partial charge in [0.2, 0.25) is 0 Å². The minimum Gasteiger partial charge on any atom is -0.326 e. The zero-order chi connectivity index (χ0) is 12.0. The molecule has 2 heterocycles. The van der Waals surface area contributed by atoms with Gasteiger partial charge in [-0.3, -0.25) is 0 Å². The molecule has 0 radical (unpaired) electrons. The maximum Gasteiger partial charge on any atom is 0.150 e. The molecule has 0 bridgehead atoms. The monoisotopic (exact) mass is 242 g/mol. The van der Waals surface area contributed by atoms with Crippen LogP contribution in [-0.4, -0.2) is 9.55 Å². The molecule has 17 heavy (non-hydrogen) atoms. The van der Waals surface area contributed by atoms with Crippen LogP contribution < -0.4 is 0 Å². The summed E-state index contributed by atoms with van der Waals surface area (Å²) in [7, 11) is 2.08. The lowest BCUT2D eigenvalue weighted by atomic mass is 10.1. The third-order valence-electron chi connectivity index (χ3n) is 3.32. The van der Waals surface area contributed by atoms with Crippen LogP contribution in [0.3, 0.4) is 0 Å². The molecule has 3 rings (SSSR count). The second-order valence-corrected chi connectivity index (χ2v) is 5.29. The van der Waals surface area contributed by atoms with Crippen LogP contribution >= 0.6 is 11.3 Å². The molecule has 0 unspecified atom stereocenters. The number of nitrogens with zero attached hydrogens (tertiary/aromatic N) is 2. The van der Waals surface area contributed by atoms with E-state index in [4.69, 9.17) is 4.98 Å². The van der Waals surface area contributed by atoms with Crippen molar-refractivity contribution in [3.63, 3.8) is 0 Å². The van der Waals surface area contributed by atoms with Crippen LogP contribution in [0.4, 0.5) is 0 Å². The normalized spacial score (nSPS) is 11.2. The molecule has 0 aliphatic carbocycles. The van der Waals surface area contributed by atoms with Crippen molar-refractivity contribution < 1.29 is 0 Å². The van der Waals surface area contributed by atoms with Crippen molar-refractivity contribution >= 4 is 22.4 Å². The van der Waals surface area contributed by atoms with Crippen molar-refractivity contribution in [3.8, 4) is 10.7 Å². The summed E-state index contributed by atoms with van der Waals surface area (Å²) in [6, 6.07) is 8.50. The van der Waals surface area contributed by atoms with Gasteiger partial charge in [0, 0.05) is 7.05 Å². The van der Waals surface area contributed by atoms with E-state index in [1.807, 2.05) is 0 Å². The van der Waals surface area contributed by atoms with Crippen LogP contribution in [0.5, 0.6) is 0 Å². The third kappa shape index (κ3) is 1.50. The van der Waals surface area contributed by atoms with E-state index < -0.39 is 0 Å². The second-order valence-electron chi connectivity index (χ2n) is 4.35. The molecule has 0 saturated carbocycles. The first-order valence-corrected chi connectivity index (χ1v) is 6.53. The molecule has 3 aromatic rings. The van der Waals surface area contributed by atoms with Gasteiger partial charge in [-0.1, -0.05) is 12.1 Å². The topological polar surface area (TPSA) is 17.8 Å². The van der Waals surface area contributed by atoms with Gasteiger partial charge in [0.1, 0.15) is 0 Å². The first kappa shape index (κ1) is 10.5. The fraction of sp³-hybridized carbons (Fsp3) is 0.214. The van der Waals surface area contributed by atoms with Gasteiger partial charge in [-0.2, -0.15) is 0 Å².